The average molecular weight is 371 g/mol. The molecule has 0 amide bonds. The van der Waals surface area contributed by atoms with Gasteiger partial charge in [0.25, 0.3) is 0 Å². The van der Waals surface area contributed by atoms with Crippen molar-refractivity contribution in [1.29, 1.82) is 0 Å². The molecule has 2 nitrogen and oxygen atoms in total. The number of benzene rings is 2. The van der Waals surface area contributed by atoms with Gasteiger partial charge in [-0.3, -0.25) is 0 Å². The van der Waals surface area contributed by atoms with Crippen LogP contribution in [0.2, 0.25) is 5.02 Å². The maximum atomic E-state index is 13.5. The van der Waals surface area contributed by atoms with Gasteiger partial charge in [0.15, 0.2) is 0 Å². The Morgan fingerprint density at radius 3 is 2.62 bits per heavy atom. The molecule has 1 N–H and O–H groups in total. The standard InChI is InChI=1S/C16H14BrClFNO/c17-13-7-14(18)15(19)8-16(13)21-12-5-1-10(2-6-12)9-20-11-3-4-11/h1-2,5-8,11,20H,3-4,9H2. The highest BCUT2D eigenvalue weighted by Gasteiger charge is 2.19. The van der Waals surface area contributed by atoms with Crippen LogP contribution < -0.4 is 10.1 Å². The van der Waals surface area contributed by atoms with Crippen LogP contribution in [0.4, 0.5) is 4.39 Å². The summed E-state index contributed by atoms with van der Waals surface area (Å²) in [5.41, 5.74) is 1.20. The Balaban J connectivity index is 1.68. The average Bonchev–Trinajstić information content (AvgIpc) is 3.28. The lowest BCUT2D eigenvalue weighted by atomic mass is 10.2. The van der Waals surface area contributed by atoms with E-state index in [-0.39, 0.29) is 5.02 Å². The molecular formula is C16H14BrClFNO. The third-order valence-corrected chi connectivity index (χ3v) is 4.21. The molecule has 0 saturated heterocycles. The maximum Gasteiger partial charge on any atom is 0.145 e. The van der Waals surface area contributed by atoms with Crippen molar-refractivity contribution in [3.63, 3.8) is 0 Å². The zero-order valence-electron chi connectivity index (χ0n) is 11.2. The van der Waals surface area contributed by atoms with Gasteiger partial charge in [-0.05, 0) is 52.5 Å². The summed E-state index contributed by atoms with van der Waals surface area (Å²) in [6.45, 7) is 0.865. The molecule has 1 aliphatic rings. The van der Waals surface area contributed by atoms with E-state index in [2.05, 4.69) is 21.2 Å². The molecule has 110 valence electrons. The molecular weight excluding hydrogens is 357 g/mol. The molecule has 0 spiro atoms. The molecule has 0 aliphatic heterocycles. The summed E-state index contributed by atoms with van der Waals surface area (Å²) in [6.07, 6.45) is 2.55. The van der Waals surface area contributed by atoms with Crippen LogP contribution in [0.25, 0.3) is 0 Å². The number of ether oxygens (including phenoxy) is 1. The Kier molecular flexibility index (Phi) is 4.48. The topological polar surface area (TPSA) is 21.3 Å². The maximum absolute atomic E-state index is 13.5. The predicted octanol–water partition coefficient (Wildman–Crippen LogP) is 5.29. The minimum atomic E-state index is -0.500. The summed E-state index contributed by atoms with van der Waals surface area (Å²) >= 11 is 9.02. The lowest BCUT2D eigenvalue weighted by molar-refractivity contribution is 0.473. The Morgan fingerprint density at radius 1 is 1.24 bits per heavy atom. The molecule has 0 unspecified atom stereocenters. The molecule has 1 saturated carbocycles. The highest BCUT2D eigenvalue weighted by molar-refractivity contribution is 9.10. The third-order valence-electron chi connectivity index (χ3n) is 3.30. The quantitative estimate of drug-likeness (QED) is 0.722. The van der Waals surface area contributed by atoms with Gasteiger partial charge >= 0.3 is 0 Å². The van der Waals surface area contributed by atoms with Gasteiger partial charge in [-0.15, -0.1) is 0 Å². The van der Waals surface area contributed by atoms with Gasteiger partial charge in [-0.2, -0.15) is 0 Å². The number of nitrogens with one attached hydrogen (secondary N) is 1. The second-order valence-corrected chi connectivity index (χ2v) is 6.36. The predicted molar refractivity (Wildman–Crippen MR) is 85.5 cm³/mol. The van der Waals surface area contributed by atoms with Crippen molar-refractivity contribution in [2.75, 3.05) is 0 Å². The molecule has 1 fully saturated rings. The summed E-state index contributed by atoms with van der Waals surface area (Å²) in [5.74, 6) is 0.563. The largest absolute Gasteiger partial charge is 0.456 e. The number of hydrogen-bond donors (Lipinski definition) is 1. The van der Waals surface area contributed by atoms with E-state index in [9.17, 15) is 4.39 Å². The van der Waals surface area contributed by atoms with E-state index < -0.39 is 5.82 Å². The van der Waals surface area contributed by atoms with Gasteiger partial charge in [0.2, 0.25) is 0 Å². The fourth-order valence-corrected chi connectivity index (χ4v) is 2.65. The smallest absolute Gasteiger partial charge is 0.145 e. The monoisotopic (exact) mass is 369 g/mol. The van der Waals surface area contributed by atoms with E-state index in [1.165, 1.54) is 30.5 Å². The van der Waals surface area contributed by atoms with Gasteiger partial charge in [0, 0.05) is 18.7 Å². The van der Waals surface area contributed by atoms with Gasteiger partial charge < -0.3 is 10.1 Å². The zero-order chi connectivity index (χ0) is 14.8. The van der Waals surface area contributed by atoms with Crippen LogP contribution in [-0.4, -0.2) is 6.04 Å². The van der Waals surface area contributed by atoms with Gasteiger partial charge in [-0.25, -0.2) is 4.39 Å². The van der Waals surface area contributed by atoms with Crippen LogP contribution in [0.5, 0.6) is 11.5 Å². The van der Waals surface area contributed by atoms with Gasteiger partial charge in [0.1, 0.15) is 17.3 Å². The highest BCUT2D eigenvalue weighted by atomic mass is 79.9. The van der Waals surface area contributed by atoms with Crippen molar-refractivity contribution >= 4 is 27.5 Å². The molecule has 1 aliphatic carbocycles. The third kappa shape index (κ3) is 3.96. The van der Waals surface area contributed by atoms with Gasteiger partial charge in [0.05, 0.1) is 9.50 Å². The summed E-state index contributed by atoms with van der Waals surface area (Å²) in [7, 11) is 0. The number of rotatable bonds is 5. The molecule has 2 aromatic rings. The molecule has 0 bridgehead atoms. The van der Waals surface area contributed by atoms with E-state index in [1.807, 2.05) is 24.3 Å². The van der Waals surface area contributed by atoms with Crippen molar-refractivity contribution in [1.82, 2.24) is 5.32 Å². The van der Waals surface area contributed by atoms with Crippen molar-refractivity contribution < 1.29 is 9.13 Å². The van der Waals surface area contributed by atoms with E-state index in [4.69, 9.17) is 16.3 Å². The summed E-state index contributed by atoms with van der Waals surface area (Å²) in [5, 5.41) is 3.52. The molecule has 21 heavy (non-hydrogen) atoms. The minimum Gasteiger partial charge on any atom is -0.456 e. The minimum absolute atomic E-state index is 0.0655. The van der Waals surface area contributed by atoms with Gasteiger partial charge in [-0.1, -0.05) is 23.7 Å². The Morgan fingerprint density at radius 2 is 1.95 bits per heavy atom. The fraction of sp³-hybridized carbons (Fsp3) is 0.250. The summed E-state index contributed by atoms with van der Waals surface area (Å²) < 4.78 is 19.8. The van der Waals surface area contributed by atoms with E-state index in [0.29, 0.717) is 22.0 Å². The lowest BCUT2D eigenvalue weighted by Crippen LogP contribution is -2.14. The number of halogens is 3. The summed E-state index contributed by atoms with van der Waals surface area (Å²) in [4.78, 5) is 0. The fourth-order valence-electron chi connectivity index (χ4n) is 1.93. The van der Waals surface area contributed by atoms with E-state index in [0.717, 1.165) is 6.54 Å². The second kappa shape index (κ2) is 6.34. The molecule has 0 aromatic heterocycles. The zero-order valence-corrected chi connectivity index (χ0v) is 13.5. The first-order chi connectivity index (χ1) is 10.1. The Hall–Kier alpha value is -1.10. The molecule has 0 heterocycles. The Bertz CT molecular complexity index is 643. The Labute approximate surface area is 136 Å². The van der Waals surface area contributed by atoms with Crippen LogP contribution in [0.15, 0.2) is 40.9 Å². The molecule has 3 rings (SSSR count). The van der Waals surface area contributed by atoms with Crippen LogP contribution in [0.3, 0.4) is 0 Å². The first-order valence-electron chi connectivity index (χ1n) is 6.76. The second-order valence-electron chi connectivity index (χ2n) is 5.10. The van der Waals surface area contributed by atoms with E-state index >= 15 is 0 Å². The normalized spacial score (nSPS) is 14.2. The number of hydrogen-bond acceptors (Lipinski definition) is 2. The SMILES string of the molecule is Fc1cc(Oc2ccc(CNC3CC3)cc2)c(Br)cc1Cl. The van der Waals surface area contributed by atoms with Crippen molar-refractivity contribution in [2.45, 2.75) is 25.4 Å². The molecule has 2 aromatic carbocycles. The first-order valence-corrected chi connectivity index (χ1v) is 7.93. The van der Waals surface area contributed by atoms with Crippen molar-refractivity contribution in [3.8, 4) is 11.5 Å². The van der Waals surface area contributed by atoms with Crippen molar-refractivity contribution in [2.24, 2.45) is 0 Å². The van der Waals surface area contributed by atoms with Crippen LogP contribution in [-0.2, 0) is 6.54 Å². The van der Waals surface area contributed by atoms with E-state index in [1.54, 1.807) is 0 Å². The van der Waals surface area contributed by atoms with Crippen molar-refractivity contribution in [3.05, 3.63) is 57.3 Å². The van der Waals surface area contributed by atoms with Crippen LogP contribution >= 0.6 is 27.5 Å². The van der Waals surface area contributed by atoms with Crippen LogP contribution in [0, 0.1) is 5.82 Å². The molecule has 0 radical (unpaired) electrons. The first kappa shape index (κ1) is 14.8. The van der Waals surface area contributed by atoms with Crippen LogP contribution in [0.1, 0.15) is 18.4 Å². The summed E-state index contributed by atoms with van der Waals surface area (Å²) in [6, 6.07) is 11.2. The molecule has 0 atom stereocenters. The highest BCUT2D eigenvalue weighted by Crippen LogP contribution is 2.33. The lowest BCUT2D eigenvalue weighted by Gasteiger charge is -2.10. The molecule has 5 heteroatoms.